The van der Waals surface area contributed by atoms with E-state index >= 15 is 0 Å². The molecule has 3 aromatic rings. The number of phenols is 1. The van der Waals surface area contributed by atoms with Crippen molar-refractivity contribution in [3.8, 4) is 5.75 Å². The summed E-state index contributed by atoms with van der Waals surface area (Å²) in [4.78, 5) is 30.6. The first-order valence-electron chi connectivity index (χ1n) is 12.5. The molecule has 200 valence electrons. The highest BCUT2D eigenvalue weighted by atomic mass is 16.7. The molecule has 0 unspecified atom stereocenters. The minimum absolute atomic E-state index is 0.0947. The van der Waals surface area contributed by atoms with Gasteiger partial charge in [0.1, 0.15) is 11.6 Å². The van der Waals surface area contributed by atoms with E-state index in [1.165, 1.54) is 13.8 Å². The van der Waals surface area contributed by atoms with Crippen molar-refractivity contribution in [3.63, 3.8) is 0 Å². The van der Waals surface area contributed by atoms with Crippen LogP contribution in [0.2, 0.25) is 0 Å². The summed E-state index contributed by atoms with van der Waals surface area (Å²) in [5.41, 5.74) is 2.34. The van der Waals surface area contributed by atoms with Crippen molar-refractivity contribution in [1.29, 1.82) is 0 Å². The smallest absolute Gasteiger partial charge is 0.352 e. The van der Waals surface area contributed by atoms with E-state index in [9.17, 15) is 14.7 Å². The summed E-state index contributed by atoms with van der Waals surface area (Å²) in [6.07, 6.45) is 1.64. The zero-order valence-electron chi connectivity index (χ0n) is 23.1. The van der Waals surface area contributed by atoms with E-state index in [0.29, 0.717) is 11.4 Å². The van der Waals surface area contributed by atoms with E-state index in [4.69, 9.17) is 9.47 Å². The van der Waals surface area contributed by atoms with Gasteiger partial charge in [-0.25, -0.2) is 9.59 Å². The van der Waals surface area contributed by atoms with Gasteiger partial charge in [0.15, 0.2) is 5.57 Å². The maximum atomic E-state index is 13.1. The molecule has 38 heavy (non-hydrogen) atoms. The number of cyclic esters (lactones) is 2. The molecule has 2 aromatic carbocycles. The molecule has 8 nitrogen and oxygen atoms in total. The lowest BCUT2D eigenvalue weighted by molar-refractivity contribution is -0.222. The van der Waals surface area contributed by atoms with Crippen molar-refractivity contribution >= 4 is 34.2 Å². The molecule has 1 aromatic heterocycles. The Balaban J connectivity index is 1.91. The van der Waals surface area contributed by atoms with Gasteiger partial charge < -0.3 is 25.2 Å². The van der Waals surface area contributed by atoms with Gasteiger partial charge in [-0.2, -0.15) is 0 Å². The number of nitrogens with zero attached hydrogens (tertiary/aromatic N) is 1. The van der Waals surface area contributed by atoms with Crippen LogP contribution in [0.4, 0.5) is 11.4 Å². The number of anilines is 2. The van der Waals surface area contributed by atoms with Crippen LogP contribution in [0, 0.1) is 0 Å². The lowest BCUT2D eigenvalue weighted by atomic mass is 9.79. The Kier molecular flexibility index (Phi) is 6.64. The Hall–Kier alpha value is -4.07. The molecule has 4 rings (SSSR count). The highest BCUT2D eigenvalue weighted by Gasteiger charge is 2.41. The molecule has 1 aliphatic heterocycles. The molecule has 0 saturated carbocycles. The lowest BCUT2D eigenvalue weighted by Crippen LogP contribution is -2.43. The predicted octanol–water partition coefficient (Wildman–Crippen LogP) is 6.11. The van der Waals surface area contributed by atoms with E-state index in [2.05, 4.69) is 15.6 Å². The number of nitrogens with one attached hydrogen (secondary N) is 2. The second-order valence-electron chi connectivity index (χ2n) is 12.0. The molecule has 0 spiro atoms. The number of hydrogen-bond acceptors (Lipinski definition) is 8. The van der Waals surface area contributed by atoms with Gasteiger partial charge in [0.25, 0.3) is 5.79 Å². The molecule has 1 fully saturated rings. The van der Waals surface area contributed by atoms with Crippen molar-refractivity contribution in [2.75, 3.05) is 10.6 Å². The first kappa shape index (κ1) is 27.0. The number of phenolic OH excluding ortho intramolecular Hbond substituents is 1. The Bertz CT molecular complexity index is 1400. The van der Waals surface area contributed by atoms with Crippen molar-refractivity contribution in [2.24, 2.45) is 0 Å². The number of rotatable bonds is 4. The molecule has 0 bridgehead atoms. The standard InChI is InChI=1S/C30H35N3O5/c1-28(2,3)19-15-17(16-20(24(19)34)29(4,5)6)32-25(23-26(35)37-30(7,8)38-27(23)36)33-22-13-14-31-21-12-10-9-11-18(21)22/h9-16,32,34H,1-8H3,(H,31,33). The molecule has 8 heteroatoms. The summed E-state index contributed by atoms with van der Waals surface area (Å²) in [5.74, 6) is -2.70. The summed E-state index contributed by atoms with van der Waals surface area (Å²) in [6, 6.07) is 12.9. The Morgan fingerprint density at radius 3 is 1.97 bits per heavy atom. The summed E-state index contributed by atoms with van der Waals surface area (Å²) >= 11 is 0. The number of carbonyl (C=O) groups excluding carboxylic acids is 2. The Morgan fingerprint density at radius 2 is 1.42 bits per heavy atom. The number of fused-ring (bicyclic) bond motifs is 1. The van der Waals surface area contributed by atoms with Crippen LogP contribution < -0.4 is 10.6 Å². The van der Waals surface area contributed by atoms with E-state index in [1.54, 1.807) is 12.3 Å². The van der Waals surface area contributed by atoms with Crippen LogP contribution >= 0.6 is 0 Å². The van der Waals surface area contributed by atoms with Crippen LogP contribution in [0.25, 0.3) is 10.9 Å². The largest absolute Gasteiger partial charge is 0.507 e. The van der Waals surface area contributed by atoms with Crippen LogP contribution in [0.1, 0.15) is 66.5 Å². The summed E-state index contributed by atoms with van der Waals surface area (Å²) in [7, 11) is 0. The molecule has 0 atom stereocenters. The van der Waals surface area contributed by atoms with Gasteiger partial charge in [-0.05, 0) is 35.1 Å². The van der Waals surface area contributed by atoms with E-state index in [-0.39, 0.29) is 28.0 Å². The number of aromatic nitrogens is 1. The van der Waals surface area contributed by atoms with Crippen molar-refractivity contribution in [2.45, 2.75) is 72.0 Å². The molecular weight excluding hydrogens is 482 g/mol. The van der Waals surface area contributed by atoms with Crippen molar-refractivity contribution in [3.05, 3.63) is 71.2 Å². The summed E-state index contributed by atoms with van der Waals surface area (Å²) in [6.45, 7) is 15.1. The number of carbonyl (C=O) groups is 2. The van der Waals surface area contributed by atoms with Crippen LogP contribution in [0.5, 0.6) is 5.75 Å². The molecule has 1 saturated heterocycles. The zero-order valence-corrected chi connectivity index (χ0v) is 23.1. The minimum Gasteiger partial charge on any atom is -0.507 e. The number of hydrogen-bond donors (Lipinski definition) is 3. The zero-order chi connectivity index (χ0) is 28.0. The third kappa shape index (κ3) is 5.44. The highest BCUT2D eigenvalue weighted by molar-refractivity contribution is 6.17. The molecule has 2 heterocycles. The number of aromatic hydroxyl groups is 1. The monoisotopic (exact) mass is 517 g/mol. The van der Waals surface area contributed by atoms with Gasteiger partial charge in [0.05, 0.1) is 11.2 Å². The number of ether oxygens (including phenoxy) is 2. The SMILES string of the molecule is CC1(C)OC(=O)C(=C(Nc2cc(C(C)(C)C)c(O)c(C(C)(C)C)c2)Nc2ccnc3ccccc23)C(=O)O1. The van der Waals surface area contributed by atoms with Gasteiger partial charge in [-0.3, -0.25) is 4.98 Å². The molecule has 1 aliphatic rings. The van der Waals surface area contributed by atoms with Gasteiger partial charge in [-0.1, -0.05) is 59.7 Å². The predicted molar refractivity (Wildman–Crippen MR) is 148 cm³/mol. The topological polar surface area (TPSA) is 110 Å². The lowest BCUT2D eigenvalue weighted by Gasteiger charge is -2.32. The number of benzene rings is 2. The molecule has 3 N–H and O–H groups in total. The average Bonchev–Trinajstić information content (AvgIpc) is 2.77. The van der Waals surface area contributed by atoms with Crippen LogP contribution in [0.3, 0.4) is 0 Å². The fraction of sp³-hybridized carbons (Fsp3) is 0.367. The maximum absolute atomic E-state index is 13.1. The quantitative estimate of drug-likeness (QED) is 0.165. The third-order valence-electron chi connectivity index (χ3n) is 6.24. The minimum atomic E-state index is -1.39. The fourth-order valence-electron chi connectivity index (χ4n) is 4.35. The second-order valence-corrected chi connectivity index (χ2v) is 12.0. The fourth-order valence-corrected chi connectivity index (χ4v) is 4.35. The third-order valence-corrected chi connectivity index (χ3v) is 6.24. The number of para-hydroxylation sites is 1. The van der Waals surface area contributed by atoms with E-state index in [0.717, 1.165) is 22.0 Å². The molecule has 0 radical (unpaired) electrons. The average molecular weight is 518 g/mol. The normalized spacial score (nSPS) is 15.6. The number of pyridine rings is 1. The van der Waals surface area contributed by atoms with E-state index < -0.39 is 17.7 Å². The molecule has 0 amide bonds. The van der Waals surface area contributed by atoms with Crippen molar-refractivity contribution in [1.82, 2.24) is 4.98 Å². The second kappa shape index (κ2) is 9.35. The maximum Gasteiger partial charge on any atom is 0.352 e. The van der Waals surface area contributed by atoms with Crippen LogP contribution in [0.15, 0.2) is 60.1 Å². The Morgan fingerprint density at radius 1 is 0.868 bits per heavy atom. The van der Waals surface area contributed by atoms with Crippen LogP contribution in [-0.4, -0.2) is 27.8 Å². The number of esters is 2. The molecular formula is C30H35N3O5. The van der Waals surface area contributed by atoms with Crippen molar-refractivity contribution < 1.29 is 24.2 Å². The summed E-state index contributed by atoms with van der Waals surface area (Å²) < 4.78 is 10.8. The van der Waals surface area contributed by atoms with Gasteiger partial charge >= 0.3 is 11.9 Å². The first-order valence-corrected chi connectivity index (χ1v) is 12.5. The van der Waals surface area contributed by atoms with E-state index in [1.807, 2.05) is 77.9 Å². The van der Waals surface area contributed by atoms with Gasteiger partial charge in [-0.15, -0.1) is 0 Å². The summed E-state index contributed by atoms with van der Waals surface area (Å²) in [5, 5.41) is 18.4. The van der Waals surface area contributed by atoms with Gasteiger partial charge in [0, 0.05) is 42.2 Å². The highest BCUT2D eigenvalue weighted by Crippen LogP contribution is 2.41. The first-order chi connectivity index (χ1) is 17.6. The Labute approximate surface area is 223 Å². The van der Waals surface area contributed by atoms with Gasteiger partial charge in [0.2, 0.25) is 0 Å². The van der Waals surface area contributed by atoms with Crippen LogP contribution in [-0.2, 0) is 29.9 Å². The molecule has 0 aliphatic carbocycles.